The zero-order chi connectivity index (χ0) is 10.1. The summed E-state index contributed by atoms with van der Waals surface area (Å²) in [6, 6.07) is 6.87. The quantitative estimate of drug-likeness (QED) is 0.680. The standard InChI is InChI=1S/C14H18O/c1-2-6-13-11(4-1)5-3-7-14(13)12-8-9-15-10-12/h3,5,7,12H,1-2,4,6,8-10H2/t12-/m0/s1. The van der Waals surface area contributed by atoms with Gasteiger partial charge in [-0.05, 0) is 48.8 Å². The molecule has 0 N–H and O–H groups in total. The molecule has 0 amide bonds. The second-order valence-corrected chi connectivity index (χ2v) is 4.75. The van der Waals surface area contributed by atoms with Crippen molar-refractivity contribution in [3.05, 3.63) is 34.9 Å². The third-order valence-corrected chi connectivity index (χ3v) is 3.80. The summed E-state index contributed by atoms with van der Waals surface area (Å²) < 4.78 is 5.50. The van der Waals surface area contributed by atoms with Crippen LogP contribution >= 0.6 is 0 Å². The van der Waals surface area contributed by atoms with Gasteiger partial charge in [0.05, 0.1) is 6.61 Å². The highest BCUT2D eigenvalue weighted by atomic mass is 16.5. The molecule has 1 saturated heterocycles. The van der Waals surface area contributed by atoms with Crippen LogP contribution in [0.1, 0.15) is 41.9 Å². The Balaban J connectivity index is 1.99. The summed E-state index contributed by atoms with van der Waals surface area (Å²) in [4.78, 5) is 0. The first-order chi connectivity index (χ1) is 7.45. The second-order valence-electron chi connectivity index (χ2n) is 4.75. The summed E-state index contributed by atoms with van der Waals surface area (Å²) in [6.07, 6.45) is 6.55. The minimum Gasteiger partial charge on any atom is -0.381 e. The Morgan fingerprint density at radius 2 is 2.07 bits per heavy atom. The summed E-state index contributed by atoms with van der Waals surface area (Å²) in [6.45, 7) is 1.89. The Kier molecular flexibility index (Phi) is 2.49. The van der Waals surface area contributed by atoms with Crippen molar-refractivity contribution in [3.63, 3.8) is 0 Å². The highest BCUT2D eigenvalue weighted by Crippen LogP contribution is 2.33. The molecular formula is C14H18O. The molecule has 1 heteroatoms. The molecule has 2 aliphatic rings. The maximum Gasteiger partial charge on any atom is 0.0535 e. The summed E-state index contributed by atoms with van der Waals surface area (Å²) in [7, 11) is 0. The molecule has 1 aromatic carbocycles. The van der Waals surface area contributed by atoms with Gasteiger partial charge in [-0.3, -0.25) is 0 Å². The van der Waals surface area contributed by atoms with Gasteiger partial charge in [0, 0.05) is 12.5 Å². The van der Waals surface area contributed by atoms with Crippen molar-refractivity contribution < 1.29 is 4.74 Å². The number of fused-ring (bicyclic) bond motifs is 1. The first-order valence-corrected chi connectivity index (χ1v) is 6.13. The molecule has 1 nitrogen and oxygen atoms in total. The Bertz CT molecular complexity index is 350. The van der Waals surface area contributed by atoms with Crippen LogP contribution in [-0.4, -0.2) is 13.2 Å². The largest absolute Gasteiger partial charge is 0.381 e. The van der Waals surface area contributed by atoms with Gasteiger partial charge in [0.15, 0.2) is 0 Å². The van der Waals surface area contributed by atoms with E-state index in [1.165, 1.54) is 32.1 Å². The van der Waals surface area contributed by atoms with Gasteiger partial charge in [-0.15, -0.1) is 0 Å². The first-order valence-electron chi connectivity index (χ1n) is 6.13. The van der Waals surface area contributed by atoms with E-state index >= 15 is 0 Å². The van der Waals surface area contributed by atoms with Crippen LogP contribution in [0.5, 0.6) is 0 Å². The zero-order valence-electron chi connectivity index (χ0n) is 9.17. The predicted molar refractivity (Wildman–Crippen MR) is 61.3 cm³/mol. The molecule has 0 aromatic heterocycles. The molecule has 0 spiro atoms. The van der Waals surface area contributed by atoms with Crippen LogP contribution in [0.15, 0.2) is 18.2 Å². The molecule has 1 aliphatic heterocycles. The van der Waals surface area contributed by atoms with Gasteiger partial charge >= 0.3 is 0 Å². The van der Waals surface area contributed by atoms with Crippen LogP contribution in [0.4, 0.5) is 0 Å². The molecule has 1 aliphatic carbocycles. The first kappa shape index (κ1) is 9.41. The lowest BCUT2D eigenvalue weighted by atomic mass is 9.83. The molecule has 1 atom stereocenters. The minimum atomic E-state index is 0.679. The summed E-state index contributed by atoms with van der Waals surface area (Å²) in [5.74, 6) is 0.679. The number of aryl methyl sites for hydroxylation is 1. The number of hydrogen-bond donors (Lipinski definition) is 0. The van der Waals surface area contributed by atoms with Crippen molar-refractivity contribution >= 4 is 0 Å². The Morgan fingerprint density at radius 3 is 2.93 bits per heavy atom. The van der Waals surface area contributed by atoms with Gasteiger partial charge < -0.3 is 4.74 Å². The van der Waals surface area contributed by atoms with E-state index in [0.29, 0.717) is 5.92 Å². The third-order valence-electron chi connectivity index (χ3n) is 3.80. The number of benzene rings is 1. The van der Waals surface area contributed by atoms with E-state index in [-0.39, 0.29) is 0 Å². The van der Waals surface area contributed by atoms with E-state index in [2.05, 4.69) is 18.2 Å². The number of hydrogen-bond acceptors (Lipinski definition) is 1. The third kappa shape index (κ3) is 1.69. The highest BCUT2D eigenvalue weighted by Gasteiger charge is 2.22. The molecule has 15 heavy (non-hydrogen) atoms. The van der Waals surface area contributed by atoms with Crippen LogP contribution < -0.4 is 0 Å². The minimum absolute atomic E-state index is 0.679. The van der Waals surface area contributed by atoms with Crippen LogP contribution in [-0.2, 0) is 17.6 Å². The van der Waals surface area contributed by atoms with E-state index in [9.17, 15) is 0 Å². The van der Waals surface area contributed by atoms with E-state index in [4.69, 9.17) is 4.74 Å². The predicted octanol–water partition coefficient (Wildman–Crippen LogP) is 3.07. The fraction of sp³-hybridized carbons (Fsp3) is 0.571. The van der Waals surface area contributed by atoms with Gasteiger partial charge in [0.1, 0.15) is 0 Å². The lowest BCUT2D eigenvalue weighted by molar-refractivity contribution is 0.194. The average Bonchev–Trinajstić information content (AvgIpc) is 2.82. The van der Waals surface area contributed by atoms with Crippen molar-refractivity contribution in [1.29, 1.82) is 0 Å². The monoisotopic (exact) mass is 202 g/mol. The lowest BCUT2D eigenvalue weighted by Gasteiger charge is -2.21. The molecule has 3 rings (SSSR count). The highest BCUT2D eigenvalue weighted by molar-refractivity contribution is 5.39. The maximum absolute atomic E-state index is 5.50. The van der Waals surface area contributed by atoms with Crippen LogP contribution in [0, 0.1) is 0 Å². The zero-order valence-corrected chi connectivity index (χ0v) is 9.17. The normalized spacial score (nSPS) is 25.2. The topological polar surface area (TPSA) is 9.23 Å². The van der Waals surface area contributed by atoms with Gasteiger partial charge in [-0.2, -0.15) is 0 Å². The molecule has 1 fully saturated rings. The molecule has 80 valence electrons. The molecule has 0 saturated carbocycles. The second kappa shape index (κ2) is 3.97. The van der Waals surface area contributed by atoms with E-state index in [1.54, 1.807) is 16.7 Å². The van der Waals surface area contributed by atoms with Crippen LogP contribution in [0.2, 0.25) is 0 Å². The SMILES string of the molecule is c1cc2c(c([C@H]3CCOC3)c1)CCCC2. The van der Waals surface area contributed by atoms with Crippen molar-refractivity contribution in [1.82, 2.24) is 0 Å². The Hall–Kier alpha value is -0.820. The summed E-state index contributed by atoms with van der Waals surface area (Å²) >= 11 is 0. The van der Waals surface area contributed by atoms with Gasteiger partial charge in [0.2, 0.25) is 0 Å². The van der Waals surface area contributed by atoms with Crippen molar-refractivity contribution in [2.45, 2.75) is 38.0 Å². The Labute approximate surface area is 91.5 Å². The van der Waals surface area contributed by atoms with Crippen LogP contribution in [0.25, 0.3) is 0 Å². The van der Waals surface area contributed by atoms with Crippen LogP contribution in [0.3, 0.4) is 0 Å². The molecule has 0 unspecified atom stereocenters. The van der Waals surface area contributed by atoms with Gasteiger partial charge in [0.25, 0.3) is 0 Å². The maximum atomic E-state index is 5.50. The number of rotatable bonds is 1. The van der Waals surface area contributed by atoms with Gasteiger partial charge in [-0.1, -0.05) is 18.2 Å². The van der Waals surface area contributed by atoms with Crippen molar-refractivity contribution in [3.8, 4) is 0 Å². The smallest absolute Gasteiger partial charge is 0.0535 e. The van der Waals surface area contributed by atoms with Crippen molar-refractivity contribution in [2.24, 2.45) is 0 Å². The molecule has 1 heterocycles. The molecular weight excluding hydrogens is 184 g/mol. The fourth-order valence-corrected chi connectivity index (χ4v) is 2.97. The lowest BCUT2D eigenvalue weighted by Crippen LogP contribution is -2.09. The van der Waals surface area contributed by atoms with E-state index in [1.807, 2.05) is 0 Å². The Morgan fingerprint density at radius 1 is 1.13 bits per heavy atom. The molecule has 0 bridgehead atoms. The average molecular weight is 202 g/mol. The summed E-state index contributed by atoms with van der Waals surface area (Å²) in [5.41, 5.74) is 4.84. The summed E-state index contributed by atoms with van der Waals surface area (Å²) in [5, 5.41) is 0. The molecule has 0 radical (unpaired) electrons. The van der Waals surface area contributed by atoms with Crippen molar-refractivity contribution in [2.75, 3.05) is 13.2 Å². The molecule has 1 aromatic rings. The fourth-order valence-electron chi connectivity index (χ4n) is 2.97. The van der Waals surface area contributed by atoms with Gasteiger partial charge in [-0.25, -0.2) is 0 Å². The van der Waals surface area contributed by atoms with E-state index < -0.39 is 0 Å². The van der Waals surface area contributed by atoms with E-state index in [0.717, 1.165) is 13.2 Å². The number of ether oxygens (including phenoxy) is 1.